The van der Waals surface area contributed by atoms with E-state index < -0.39 is 29.6 Å². The molecular weight excluding hydrogens is 228 g/mol. The lowest BCUT2D eigenvalue weighted by atomic mass is 10.1. The molecule has 2 amide bonds. The number of hydrogen-bond donors (Lipinski definition) is 3. The van der Waals surface area contributed by atoms with E-state index >= 15 is 0 Å². The molecule has 4 N–H and O–H groups in total. The van der Waals surface area contributed by atoms with Crippen LogP contribution in [0.15, 0.2) is 0 Å². The maximum Gasteiger partial charge on any atom is 0.408 e. The van der Waals surface area contributed by atoms with Crippen molar-refractivity contribution in [3.05, 3.63) is 0 Å². The maximum atomic E-state index is 11.3. The average Bonchev–Trinajstić information content (AvgIpc) is 2.08. The fourth-order valence-corrected chi connectivity index (χ4v) is 0.994. The standard InChI is InChI=1S/C10H18N2O5/c1-10(2,3)17-9(16)12-6(8(14)15)4-5-7(11)13/h6H,4-5H2,1-3H3,(H2,11,13)(H,12,16)(H,14,15). The maximum absolute atomic E-state index is 11.3. The van der Waals surface area contributed by atoms with Crippen LogP contribution < -0.4 is 11.1 Å². The fourth-order valence-electron chi connectivity index (χ4n) is 0.994. The van der Waals surface area contributed by atoms with Gasteiger partial charge < -0.3 is 20.9 Å². The number of rotatable bonds is 5. The molecule has 0 aromatic carbocycles. The summed E-state index contributed by atoms with van der Waals surface area (Å²) in [5, 5.41) is 11.0. The highest BCUT2D eigenvalue weighted by Crippen LogP contribution is 2.07. The highest BCUT2D eigenvalue weighted by Gasteiger charge is 2.23. The van der Waals surface area contributed by atoms with E-state index in [0.717, 1.165) is 0 Å². The number of hydrogen-bond acceptors (Lipinski definition) is 4. The minimum atomic E-state index is -1.24. The zero-order valence-corrected chi connectivity index (χ0v) is 10.1. The van der Waals surface area contributed by atoms with Gasteiger partial charge in [0.05, 0.1) is 0 Å². The van der Waals surface area contributed by atoms with E-state index in [1.165, 1.54) is 0 Å². The monoisotopic (exact) mass is 246 g/mol. The number of alkyl carbamates (subject to hydrolysis) is 1. The van der Waals surface area contributed by atoms with Gasteiger partial charge >= 0.3 is 12.1 Å². The van der Waals surface area contributed by atoms with Crippen LogP contribution in [-0.2, 0) is 14.3 Å². The van der Waals surface area contributed by atoms with E-state index in [0.29, 0.717) is 0 Å². The van der Waals surface area contributed by atoms with Crippen molar-refractivity contribution in [2.24, 2.45) is 5.73 Å². The van der Waals surface area contributed by atoms with E-state index in [1.807, 2.05) is 0 Å². The number of amides is 2. The van der Waals surface area contributed by atoms with Crippen LogP contribution in [0.3, 0.4) is 0 Å². The molecule has 98 valence electrons. The van der Waals surface area contributed by atoms with Gasteiger partial charge in [-0.1, -0.05) is 0 Å². The Balaban J connectivity index is 4.30. The third-order valence-corrected chi connectivity index (χ3v) is 1.67. The van der Waals surface area contributed by atoms with Gasteiger partial charge in [-0.25, -0.2) is 9.59 Å². The lowest BCUT2D eigenvalue weighted by molar-refractivity contribution is -0.139. The highest BCUT2D eigenvalue weighted by molar-refractivity contribution is 5.81. The van der Waals surface area contributed by atoms with Gasteiger partial charge in [-0.05, 0) is 27.2 Å². The third-order valence-electron chi connectivity index (χ3n) is 1.67. The van der Waals surface area contributed by atoms with E-state index in [4.69, 9.17) is 15.6 Å². The van der Waals surface area contributed by atoms with Crippen LogP contribution in [0.2, 0.25) is 0 Å². The number of primary amides is 1. The predicted molar refractivity (Wildman–Crippen MR) is 59.2 cm³/mol. The van der Waals surface area contributed by atoms with E-state index in [-0.39, 0.29) is 12.8 Å². The molecule has 0 aromatic rings. The molecule has 17 heavy (non-hydrogen) atoms. The quantitative estimate of drug-likeness (QED) is 0.641. The zero-order valence-electron chi connectivity index (χ0n) is 10.1. The van der Waals surface area contributed by atoms with Crippen molar-refractivity contribution in [2.75, 3.05) is 0 Å². The Labute approximate surface area is 99.3 Å². The smallest absolute Gasteiger partial charge is 0.408 e. The first-order valence-electron chi connectivity index (χ1n) is 5.12. The SMILES string of the molecule is CC(C)(C)OC(=O)NC(CCC(N)=O)C(=O)O. The number of nitrogens with one attached hydrogen (secondary N) is 1. The molecule has 0 saturated carbocycles. The summed E-state index contributed by atoms with van der Waals surface area (Å²) in [6, 6.07) is -1.18. The molecule has 0 radical (unpaired) electrons. The van der Waals surface area contributed by atoms with Gasteiger partial charge in [0.1, 0.15) is 11.6 Å². The lowest BCUT2D eigenvalue weighted by Crippen LogP contribution is -2.43. The minimum Gasteiger partial charge on any atom is -0.480 e. The largest absolute Gasteiger partial charge is 0.480 e. The van der Waals surface area contributed by atoms with Crippen molar-refractivity contribution >= 4 is 18.0 Å². The number of ether oxygens (including phenoxy) is 1. The Kier molecular flexibility index (Phi) is 5.43. The van der Waals surface area contributed by atoms with Crippen LogP contribution in [0.25, 0.3) is 0 Å². The predicted octanol–water partition coefficient (Wildman–Crippen LogP) is 0.230. The summed E-state index contributed by atoms with van der Waals surface area (Å²) >= 11 is 0. The van der Waals surface area contributed by atoms with Crippen LogP contribution in [-0.4, -0.2) is 34.7 Å². The Morgan fingerprint density at radius 3 is 2.24 bits per heavy atom. The van der Waals surface area contributed by atoms with Gasteiger partial charge in [-0.15, -0.1) is 0 Å². The molecule has 0 rings (SSSR count). The summed E-state index contributed by atoms with van der Waals surface area (Å²) in [5.41, 5.74) is 4.19. The van der Waals surface area contributed by atoms with Crippen LogP contribution in [0.1, 0.15) is 33.6 Å². The minimum absolute atomic E-state index is 0.0656. The highest BCUT2D eigenvalue weighted by atomic mass is 16.6. The summed E-state index contributed by atoms with van der Waals surface area (Å²) in [4.78, 5) is 32.6. The summed E-state index contributed by atoms with van der Waals surface area (Å²) in [6.45, 7) is 4.98. The molecule has 0 saturated heterocycles. The Hall–Kier alpha value is -1.79. The lowest BCUT2D eigenvalue weighted by Gasteiger charge is -2.21. The second-order valence-electron chi connectivity index (χ2n) is 4.54. The topological polar surface area (TPSA) is 119 Å². The van der Waals surface area contributed by atoms with Crippen molar-refractivity contribution in [3.63, 3.8) is 0 Å². The second-order valence-corrected chi connectivity index (χ2v) is 4.54. The molecule has 0 spiro atoms. The van der Waals surface area contributed by atoms with E-state index in [1.54, 1.807) is 20.8 Å². The van der Waals surface area contributed by atoms with E-state index in [2.05, 4.69) is 5.32 Å². The summed E-state index contributed by atoms with van der Waals surface area (Å²) in [7, 11) is 0. The van der Waals surface area contributed by atoms with Crippen LogP contribution in [0.5, 0.6) is 0 Å². The number of carboxylic acid groups (broad SMARTS) is 1. The van der Waals surface area contributed by atoms with Gasteiger partial charge in [0.2, 0.25) is 5.91 Å². The number of carbonyl (C=O) groups is 3. The Morgan fingerprint density at radius 2 is 1.88 bits per heavy atom. The van der Waals surface area contributed by atoms with Gasteiger partial charge in [0.15, 0.2) is 0 Å². The van der Waals surface area contributed by atoms with Crippen molar-refractivity contribution in [1.29, 1.82) is 0 Å². The van der Waals surface area contributed by atoms with Gasteiger partial charge in [-0.2, -0.15) is 0 Å². The number of carboxylic acids is 1. The van der Waals surface area contributed by atoms with Crippen LogP contribution >= 0.6 is 0 Å². The van der Waals surface area contributed by atoms with Crippen LogP contribution in [0.4, 0.5) is 4.79 Å². The first-order valence-corrected chi connectivity index (χ1v) is 5.12. The number of aliphatic carboxylic acids is 1. The number of nitrogens with two attached hydrogens (primary N) is 1. The van der Waals surface area contributed by atoms with Crippen molar-refractivity contribution < 1.29 is 24.2 Å². The molecule has 0 aliphatic rings. The first-order chi connectivity index (χ1) is 7.61. The molecule has 0 aromatic heterocycles. The van der Waals surface area contributed by atoms with Gasteiger partial charge in [-0.3, -0.25) is 4.79 Å². The average molecular weight is 246 g/mol. The molecule has 7 nitrogen and oxygen atoms in total. The molecule has 0 bridgehead atoms. The summed E-state index contributed by atoms with van der Waals surface area (Å²) in [5.74, 6) is -1.86. The van der Waals surface area contributed by atoms with Crippen molar-refractivity contribution in [2.45, 2.75) is 45.3 Å². The summed E-state index contributed by atoms with van der Waals surface area (Å²) in [6.07, 6.45) is -1.02. The van der Waals surface area contributed by atoms with Crippen molar-refractivity contribution in [3.8, 4) is 0 Å². The van der Waals surface area contributed by atoms with Gasteiger partial charge in [0, 0.05) is 6.42 Å². The molecule has 1 unspecified atom stereocenters. The third kappa shape index (κ3) is 8.06. The first kappa shape index (κ1) is 15.2. The fraction of sp³-hybridized carbons (Fsp3) is 0.700. The molecule has 0 heterocycles. The normalized spacial score (nSPS) is 12.6. The van der Waals surface area contributed by atoms with Crippen LogP contribution in [0, 0.1) is 0 Å². The molecule has 7 heteroatoms. The Bertz CT molecular complexity index is 308. The van der Waals surface area contributed by atoms with E-state index in [9.17, 15) is 14.4 Å². The molecule has 0 fully saturated rings. The molecule has 0 aliphatic carbocycles. The van der Waals surface area contributed by atoms with Gasteiger partial charge in [0.25, 0.3) is 0 Å². The Morgan fingerprint density at radius 1 is 1.35 bits per heavy atom. The molecule has 0 aliphatic heterocycles. The summed E-state index contributed by atoms with van der Waals surface area (Å²) < 4.78 is 4.90. The zero-order chi connectivity index (χ0) is 13.6. The number of carbonyl (C=O) groups excluding carboxylic acids is 2. The second kappa shape index (κ2) is 6.07. The van der Waals surface area contributed by atoms with Crippen molar-refractivity contribution in [1.82, 2.24) is 5.32 Å². The molecule has 1 atom stereocenters. The molecular formula is C10H18N2O5.